The van der Waals surface area contributed by atoms with Gasteiger partial charge in [0, 0.05) is 15.8 Å². The Kier molecular flexibility index (Phi) is 3.17. The van der Waals surface area contributed by atoms with Crippen LogP contribution in [0.3, 0.4) is 0 Å². The van der Waals surface area contributed by atoms with Crippen molar-refractivity contribution in [2.75, 3.05) is 0 Å². The molecule has 2 rings (SSSR count). The lowest BCUT2D eigenvalue weighted by molar-refractivity contribution is 0.0970. The monoisotopic (exact) mass is 252 g/mol. The van der Waals surface area contributed by atoms with E-state index >= 15 is 0 Å². The van der Waals surface area contributed by atoms with Gasteiger partial charge in [0.15, 0.2) is 5.78 Å². The predicted octanol–water partition coefficient (Wildman–Crippen LogP) is 4.97. The maximum atomic E-state index is 12.0. The van der Waals surface area contributed by atoms with E-state index in [0.29, 0.717) is 12.2 Å². The molecule has 0 atom stereocenters. The first-order valence-electron chi connectivity index (χ1n) is 5.46. The molecule has 0 N–H and O–H groups in total. The molecule has 0 unspecified atom stereocenters. The minimum absolute atomic E-state index is 0.240. The summed E-state index contributed by atoms with van der Waals surface area (Å²) in [5, 5.41) is 2.07. The number of carbonyl (C=O) groups excluding carboxylic acids is 1. The summed E-state index contributed by atoms with van der Waals surface area (Å²) in [6.45, 7) is 6.52. The summed E-state index contributed by atoms with van der Waals surface area (Å²) in [7, 11) is 0. The van der Waals surface area contributed by atoms with E-state index in [1.54, 1.807) is 22.7 Å². The van der Waals surface area contributed by atoms with E-state index in [1.165, 1.54) is 9.40 Å². The summed E-state index contributed by atoms with van der Waals surface area (Å²) in [6, 6.07) is 4.13. The first-order valence-corrected chi connectivity index (χ1v) is 7.15. The average Bonchev–Trinajstić information content (AvgIpc) is 2.71. The van der Waals surface area contributed by atoms with Crippen molar-refractivity contribution in [3.8, 4) is 0 Å². The predicted molar refractivity (Wildman–Crippen MR) is 72.7 cm³/mol. The third kappa shape index (κ3) is 2.71. The van der Waals surface area contributed by atoms with Crippen LogP contribution in [-0.2, 0) is 0 Å². The molecule has 86 valence electrons. The summed E-state index contributed by atoms with van der Waals surface area (Å²) < 4.78 is 2.48. The van der Waals surface area contributed by atoms with Crippen molar-refractivity contribution in [1.29, 1.82) is 0 Å². The summed E-state index contributed by atoms with van der Waals surface area (Å²) in [5.41, 5.74) is 0.240. The second-order valence-electron chi connectivity index (χ2n) is 5.24. The van der Waals surface area contributed by atoms with E-state index in [4.69, 9.17) is 0 Å². The average molecular weight is 252 g/mol. The molecule has 0 bridgehead atoms. The van der Waals surface area contributed by atoms with E-state index in [2.05, 4.69) is 32.2 Å². The minimum Gasteiger partial charge on any atom is -0.293 e. The van der Waals surface area contributed by atoms with Gasteiger partial charge in [0.2, 0.25) is 0 Å². The van der Waals surface area contributed by atoms with Gasteiger partial charge in [-0.3, -0.25) is 4.79 Å². The van der Waals surface area contributed by atoms with Crippen LogP contribution >= 0.6 is 22.7 Å². The SMILES string of the molecule is CC(C)(C)CCC(=O)c1cc2sccc2s1. The largest absolute Gasteiger partial charge is 0.293 e. The van der Waals surface area contributed by atoms with Crippen LogP contribution in [0.4, 0.5) is 0 Å². The normalized spacial score (nSPS) is 12.2. The summed E-state index contributed by atoms with van der Waals surface area (Å²) in [6.07, 6.45) is 1.62. The van der Waals surface area contributed by atoms with Crippen LogP contribution in [0.1, 0.15) is 43.3 Å². The fraction of sp³-hybridized carbons (Fsp3) is 0.462. The van der Waals surface area contributed by atoms with Gasteiger partial charge < -0.3 is 0 Å². The standard InChI is InChI=1S/C13H16OS2/c1-13(2,3)6-4-9(14)11-8-12-10(16-11)5-7-15-12/h5,7-8H,4,6H2,1-3H3. The lowest BCUT2D eigenvalue weighted by Gasteiger charge is -2.16. The molecular weight excluding hydrogens is 236 g/mol. The molecule has 16 heavy (non-hydrogen) atoms. The summed E-state index contributed by atoms with van der Waals surface area (Å²) >= 11 is 3.33. The van der Waals surface area contributed by atoms with Crippen LogP contribution in [0, 0.1) is 5.41 Å². The first-order chi connectivity index (χ1) is 7.46. The van der Waals surface area contributed by atoms with Crippen LogP contribution in [0.2, 0.25) is 0 Å². The molecule has 3 heteroatoms. The molecule has 0 fully saturated rings. The zero-order chi connectivity index (χ0) is 11.8. The number of fused-ring (bicyclic) bond motifs is 1. The maximum Gasteiger partial charge on any atom is 0.172 e. The van der Waals surface area contributed by atoms with Crippen molar-refractivity contribution in [1.82, 2.24) is 0 Å². The van der Waals surface area contributed by atoms with Crippen molar-refractivity contribution in [3.63, 3.8) is 0 Å². The molecular formula is C13H16OS2. The molecule has 2 aromatic rings. The van der Waals surface area contributed by atoms with E-state index in [-0.39, 0.29) is 5.41 Å². The number of carbonyl (C=O) groups is 1. The van der Waals surface area contributed by atoms with Crippen molar-refractivity contribution in [3.05, 3.63) is 22.4 Å². The highest BCUT2D eigenvalue weighted by molar-refractivity contribution is 7.27. The van der Waals surface area contributed by atoms with Gasteiger partial charge in [-0.25, -0.2) is 0 Å². The Morgan fingerprint density at radius 1 is 1.31 bits per heavy atom. The Morgan fingerprint density at radius 2 is 2.06 bits per heavy atom. The minimum atomic E-state index is 0.240. The fourth-order valence-corrected chi connectivity index (χ4v) is 3.59. The molecule has 0 spiro atoms. The van der Waals surface area contributed by atoms with Crippen molar-refractivity contribution < 1.29 is 4.79 Å². The van der Waals surface area contributed by atoms with Crippen LogP contribution in [0.25, 0.3) is 9.40 Å². The van der Waals surface area contributed by atoms with E-state index in [0.717, 1.165) is 11.3 Å². The highest BCUT2D eigenvalue weighted by Crippen LogP contribution is 2.31. The van der Waals surface area contributed by atoms with Crippen LogP contribution in [0.5, 0.6) is 0 Å². The second-order valence-corrected chi connectivity index (χ2v) is 7.28. The Hall–Kier alpha value is -0.670. The van der Waals surface area contributed by atoms with Gasteiger partial charge in [-0.1, -0.05) is 20.8 Å². The zero-order valence-electron chi connectivity index (χ0n) is 9.87. The Bertz CT molecular complexity index is 471. The quantitative estimate of drug-likeness (QED) is 0.705. The molecule has 0 aromatic carbocycles. The van der Waals surface area contributed by atoms with Gasteiger partial charge in [0.25, 0.3) is 0 Å². The topological polar surface area (TPSA) is 17.1 Å². The van der Waals surface area contributed by atoms with Crippen molar-refractivity contribution in [2.45, 2.75) is 33.6 Å². The number of rotatable bonds is 3. The third-order valence-electron chi connectivity index (χ3n) is 2.52. The molecule has 2 heterocycles. The zero-order valence-corrected chi connectivity index (χ0v) is 11.5. The Morgan fingerprint density at radius 3 is 2.69 bits per heavy atom. The number of Topliss-reactive ketones (excluding diaryl/α,β-unsaturated/α-hetero) is 1. The van der Waals surface area contributed by atoms with Crippen molar-refractivity contribution >= 4 is 37.9 Å². The first kappa shape index (κ1) is 11.8. The Labute approximate surface area is 104 Å². The smallest absolute Gasteiger partial charge is 0.172 e. The van der Waals surface area contributed by atoms with E-state index < -0.39 is 0 Å². The molecule has 1 nitrogen and oxygen atoms in total. The molecule has 0 radical (unpaired) electrons. The van der Waals surface area contributed by atoms with Gasteiger partial charge in [0.1, 0.15) is 0 Å². The summed E-state index contributed by atoms with van der Waals surface area (Å²) in [4.78, 5) is 12.9. The summed E-state index contributed by atoms with van der Waals surface area (Å²) in [5.74, 6) is 0.295. The van der Waals surface area contributed by atoms with Gasteiger partial charge >= 0.3 is 0 Å². The molecule has 0 saturated heterocycles. The van der Waals surface area contributed by atoms with Gasteiger partial charge in [0.05, 0.1) is 4.88 Å². The lowest BCUT2D eigenvalue weighted by Crippen LogP contribution is -2.08. The highest BCUT2D eigenvalue weighted by atomic mass is 32.1. The maximum absolute atomic E-state index is 12.0. The lowest BCUT2D eigenvalue weighted by atomic mass is 9.89. The van der Waals surface area contributed by atoms with Crippen LogP contribution < -0.4 is 0 Å². The molecule has 0 aliphatic heterocycles. The van der Waals surface area contributed by atoms with E-state index in [9.17, 15) is 4.79 Å². The number of hydrogen-bond donors (Lipinski definition) is 0. The Balaban J connectivity index is 2.08. The van der Waals surface area contributed by atoms with Gasteiger partial charge in [-0.05, 0) is 29.3 Å². The molecule has 0 aliphatic rings. The van der Waals surface area contributed by atoms with Gasteiger partial charge in [-0.2, -0.15) is 0 Å². The molecule has 0 amide bonds. The van der Waals surface area contributed by atoms with Gasteiger partial charge in [-0.15, -0.1) is 22.7 Å². The highest BCUT2D eigenvalue weighted by Gasteiger charge is 2.16. The number of hydrogen-bond acceptors (Lipinski definition) is 3. The van der Waals surface area contributed by atoms with Crippen LogP contribution in [-0.4, -0.2) is 5.78 Å². The van der Waals surface area contributed by atoms with Crippen molar-refractivity contribution in [2.24, 2.45) is 5.41 Å². The molecule has 0 saturated carbocycles. The molecule has 0 aliphatic carbocycles. The van der Waals surface area contributed by atoms with Crippen LogP contribution in [0.15, 0.2) is 17.5 Å². The van der Waals surface area contributed by atoms with E-state index in [1.807, 2.05) is 6.07 Å². The second kappa shape index (κ2) is 4.30. The fourth-order valence-electron chi connectivity index (χ4n) is 1.51. The number of ketones is 1. The number of thiophene rings is 2. The molecule has 2 aromatic heterocycles. The third-order valence-corrected chi connectivity index (χ3v) is 4.65.